The fraction of sp³-hybridized carbons (Fsp3) is 0.571. The van der Waals surface area contributed by atoms with Crippen molar-refractivity contribution in [3.05, 3.63) is 50.3 Å². The number of fused-ring (bicyclic) bond motifs is 4. The van der Waals surface area contributed by atoms with Crippen LogP contribution >= 0.6 is 11.3 Å². The molecule has 7 nitrogen and oxygen atoms in total. The summed E-state index contributed by atoms with van der Waals surface area (Å²) in [4.78, 5) is 34.8. The van der Waals surface area contributed by atoms with E-state index in [-0.39, 0.29) is 11.5 Å². The van der Waals surface area contributed by atoms with Crippen LogP contribution < -0.4 is 5.56 Å². The second-order valence-electron chi connectivity index (χ2n) is 8.32. The minimum atomic E-state index is -0.156. The molecule has 2 atom stereocenters. The first-order valence-corrected chi connectivity index (χ1v) is 11.3. The van der Waals surface area contributed by atoms with Crippen molar-refractivity contribution >= 4 is 17.2 Å². The summed E-state index contributed by atoms with van der Waals surface area (Å²) >= 11 is 1.63. The minimum Gasteiger partial charge on any atom is -0.380 e. The van der Waals surface area contributed by atoms with Crippen LogP contribution in [0.25, 0.3) is 0 Å². The topological polar surface area (TPSA) is 67.7 Å². The van der Waals surface area contributed by atoms with Crippen molar-refractivity contribution < 1.29 is 9.53 Å². The van der Waals surface area contributed by atoms with Crippen LogP contribution in [0.3, 0.4) is 0 Å². The highest BCUT2D eigenvalue weighted by Crippen LogP contribution is 2.35. The van der Waals surface area contributed by atoms with Crippen molar-refractivity contribution in [1.82, 2.24) is 19.4 Å². The predicted octanol–water partition coefficient (Wildman–Crippen LogP) is 1.79. The van der Waals surface area contributed by atoms with Gasteiger partial charge in [0, 0.05) is 62.9 Å². The summed E-state index contributed by atoms with van der Waals surface area (Å²) in [7, 11) is 0. The smallest absolute Gasteiger partial charge is 0.263 e. The summed E-state index contributed by atoms with van der Waals surface area (Å²) in [5, 5.41) is 2.11. The first-order chi connectivity index (χ1) is 14.2. The van der Waals surface area contributed by atoms with Crippen molar-refractivity contribution in [2.24, 2.45) is 5.92 Å². The number of piperidine rings is 1. The molecule has 3 aliphatic rings. The second kappa shape index (κ2) is 8.01. The number of pyridine rings is 1. The third kappa shape index (κ3) is 3.76. The quantitative estimate of drug-likeness (QED) is 0.766. The van der Waals surface area contributed by atoms with E-state index in [9.17, 15) is 9.59 Å². The van der Waals surface area contributed by atoms with Gasteiger partial charge in [0.2, 0.25) is 0 Å². The maximum absolute atomic E-state index is 13.2. The molecule has 29 heavy (non-hydrogen) atoms. The Bertz CT molecular complexity index is 934. The molecule has 1 amide bonds. The molecule has 154 valence electrons. The van der Waals surface area contributed by atoms with Crippen molar-refractivity contribution in [1.29, 1.82) is 0 Å². The van der Waals surface area contributed by atoms with Crippen molar-refractivity contribution in [3.63, 3.8) is 0 Å². The van der Waals surface area contributed by atoms with Crippen molar-refractivity contribution in [3.8, 4) is 0 Å². The minimum absolute atomic E-state index is 0.125. The molecule has 0 radical (unpaired) electrons. The Kier molecular flexibility index (Phi) is 5.24. The van der Waals surface area contributed by atoms with Gasteiger partial charge in [-0.05, 0) is 30.9 Å². The molecule has 2 fully saturated rings. The van der Waals surface area contributed by atoms with Crippen LogP contribution in [0.1, 0.15) is 40.5 Å². The molecule has 2 bridgehead atoms. The number of carbonyl (C=O) groups excluding carboxylic acids is 1. The van der Waals surface area contributed by atoms with E-state index in [1.807, 2.05) is 16.1 Å². The molecule has 5 rings (SSSR count). The maximum atomic E-state index is 13.2. The van der Waals surface area contributed by atoms with Crippen LogP contribution in [0.2, 0.25) is 0 Å². The van der Waals surface area contributed by atoms with Gasteiger partial charge in [0.25, 0.3) is 11.5 Å². The Balaban J connectivity index is 1.38. The number of aromatic nitrogens is 2. The number of ether oxygens (including phenoxy) is 1. The van der Waals surface area contributed by atoms with E-state index in [1.54, 1.807) is 22.3 Å². The van der Waals surface area contributed by atoms with E-state index in [0.717, 1.165) is 43.9 Å². The lowest BCUT2D eigenvalue weighted by Crippen LogP contribution is -2.48. The normalized spacial score (nSPS) is 24.8. The van der Waals surface area contributed by atoms with Crippen molar-refractivity contribution in [2.75, 3.05) is 39.4 Å². The molecule has 0 saturated carbocycles. The highest BCUT2D eigenvalue weighted by molar-refractivity contribution is 7.07. The fourth-order valence-electron chi connectivity index (χ4n) is 5.00. The van der Waals surface area contributed by atoms with Gasteiger partial charge in [0.15, 0.2) is 0 Å². The standard InChI is InChI=1S/C21H26N4O3S/c26-20(24-4-1-6-28-7-5-24)18-2-3-19-16-8-15(10-25(19)21(18)27)9-23(11-16)12-17-13-29-14-22-17/h2-3,13-16H,1,4-12H2/t15-,16+/m0/s1. The molecule has 2 aromatic heterocycles. The third-order valence-corrected chi connectivity index (χ3v) is 6.92. The third-order valence-electron chi connectivity index (χ3n) is 6.29. The van der Waals surface area contributed by atoms with Crippen LogP contribution in [-0.2, 0) is 17.8 Å². The van der Waals surface area contributed by atoms with Gasteiger partial charge in [-0.15, -0.1) is 11.3 Å². The Morgan fingerprint density at radius 2 is 2.14 bits per heavy atom. The first-order valence-electron chi connectivity index (χ1n) is 10.4. The summed E-state index contributed by atoms with van der Waals surface area (Å²) in [5.74, 6) is 0.621. The number of likely N-dealkylation sites (tertiary alicyclic amines) is 1. The number of hydrogen-bond acceptors (Lipinski definition) is 6. The van der Waals surface area contributed by atoms with Gasteiger partial charge >= 0.3 is 0 Å². The molecule has 0 aromatic carbocycles. The number of nitrogens with zero attached hydrogens (tertiary/aromatic N) is 4. The van der Waals surface area contributed by atoms with Crippen LogP contribution in [0, 0.1) is 5.92 Å². The van der Waals surface area contributed by atoms with Gasteiger partial charge in [0.1, 0.15) is 5.56 Å². The molecular formula is C21H26N4O3S. The zero-order valence-electron chi connectivity index (χ0n) is 16.5. The van der Waals surface area contributed by atoms with Gasteiger partial charge < -0.3 is 14.2 Å². The lowest BCUT2D eigenvalue weighted by Gasteiger charge is -2.42. The van der Waals surface area contributed by atoms with E-state index < -0.39 is 0 Å². The largest absolute Gasteiger partial charge is 0.380 e. The summed E-state index contributed by atoms with van der Waals surface area (Å²) < 4.78 is 7.32. The maximum Gasteiger partial charge on any atom is 0.263 e. The lowest BCUT2D eigenvalue weighted by molar-refractivity contribution is 0.0736. The molecule has 0 aliphatic carbocycles. The summed E-state index contributed by atoms with van der Waals surface area (Å²) in [6.45, 7) is 5.89. The van der Waals surface area contributed by atoms with E-state index in [2.05, 4.69) is 15.3 Å². The van der Waals surface area contributed by atoms with Gasteiger partial charge in [-0.25, -0.2) is 4.98 Å². The Hall–Kier alpha value is -2.03. The fourth-order valence-corrected chi connectivity index (χ4v) is 5.55. The lowest BCUT2D eigenvalue weighted by atomic mass is 9.83. The zero-order chi connectivity index (χ0) is 19.8. The Morgan fingerprint density at radius 1 is 1.21 bits per heavy atom. The van der Waals surface area contributed by atoms with Crippen LogP contribution in [0.4, 0.5) is 0 Å². The van der Waals surface area contributed by atoms with Gasteiger partial charge in [0.05, 0.1) is 17.8 Å². The van der Waals surface area contributed by atoms with E-state index >= 15 is 0 Å². The number of carbonyl (C=O) groups is 1. The second-order valence-corrected chi connectivity index (χ2v) is 9.04. The van der Waals surface area contributed by atoms with Gasteiger partial charge in [-0.2, -0.15) is 0 Å². The zero-order valence-corrected chi connectivity index (χ0v) is 17.3. The van der Waals surface area contributed by atoms with E-state index in [1.165, 1.54) is 0 Å². The molecule has 0 N–H and O–H groups in total. The molecule has 0 unspecified atom stereocenters. The highest BCUT2D eigenvalue weighted by Gasteiger charge is 2.35. The SMILES string of the molecule is O=C(c1ccc2n(c1=O)C[C@H]1C[C@@H]2CN(Cc2cscn2)C1)N1CCCOCC1. The molecular weight excluding hydrogens is 388 g/mol. The summed E-state index contributed by atoms with van der Waals surface area (Å²) in [5.41, 5.74) is 4.25. The molecule has 5 heterocycles. The predicted molar refractivity (Wildman–Crippen MR) is 110 cm³/mol. The molecule has 8 heteroatoms. The first kappa shape index (κ1) is 19.0. The molecule has 2 aromatic rings. The van der Waals surface area contributed by atoms with Gasteiger partial charge in [-0.1, -0.05) is 0 Å². The average molecular weight is 415 g/mol. The molecule has 3 aliphatic heterocycles. The molecule has 0 spiro atoms. The summed E-state index contributed by atoms with van der Waals surface area (Å²) in [6, 6.07) is 3.76. The van der Waals surface area contributed by atoms with E-state index in [0.29, 0.717) is 50.2 Å². The Morgan fingerprint density at radius 3 is 3.00 bits per heavy atom. The van der Waals surface area contributed by atoms with Crippen molar-refractivity contribution in [2.45, 2.75) is 31.8 Å². The summed E-state index contributed by atoms with van der Waals surface area (Å²) in [6.07, 6.45) is 1.93. The van der Waals surface area contributed by atoms with Gasteiger partial charge in [-0.3, -0.25) is 14.5 Å². The number of hydrogen-bond donors (Lipinski definition) is 0. The monoisotopic (exact) mass is 414 g/mol. The average Bonchev–Trinajstić information content (AvgIpc) is 3.07. The van der Waals surface area contributed by atoms with Crippen LogP contribution in [-0.4, -0.2) is 64.7 Å². The van der Waals surface area contributed by atoms with Crippen LogP contribution in [0.5, 0.6) is 0 Å². The highest BCUT2D eigenvalue weighted by atomic mass is 32.1. The molecule has 2 saturated heterocycles. The Labute approximate surface area is 173 Å². The number of amides is 1. The van der Waals surface area contributed by atoms with E-state index in [4.69, 9.17) is 4.74 Å². The number of thiazole rings is 1. The number of rotatable bonds is 3. The van der Waals surface area contributed by atoms with Crippen LogP contribution in [0.15, 0.2) is 27.8 Å².